The molecule has 0 saturated carbocycles. The summed E-state index contributed by atoms with van der Waals surface area (Å²) in [5, 5.41) is 10.1. The number of aromatic amines is 1. The molecule has 1 amide bonds. The third-order valence-corrected chi connectivity index (χ3v) is 4.63. The van der Waals surface area contributed by atoms with Gasteiger partial charge < -0.3 is 14.3 Å². The van der Waals surface area contributed by atoms with Crippen LogP contribution in [0.15, 0.2) is 58.0 Å². The third-order valence-electron chi connectivity index (χ3n) is 4.63. The normalized spacial score (nSPS) is 10.8. The monoisotopic (exact) mass is 387 g/mol. The molecule has 0 aliphatic carbocycles. The number of hydrogen-bond acceptors (Lipinski definition) is 5. The predicted molar refractivity (Wildman–Crippen MR) is 106 cm³/mol. The van der Waals surface area contributed by atoms with Crippen molar-refractivity contribution in [1.29, 1.82) is 5.26 Å². The number of hydrogen-bond donors (Lipinski definition) is 1. The molecule has 1 N–H and O–H groups in total. The number of nitrogens with zero attached hydrogens (tertiary/aromatic N) is 4. The van der Waals surface area contributed by atoms with E-state index >= 15 is 0 Å². The maximum atomic E-state index is 13.1. The summed E-state index contributed by atoms with van der Waals surface area (Å²) in [4.78, 5) is 33.8. The Hall–Kier alpha value is -4.12. The minimum absolute atomic E-state index is 0.0766. The summed E-state index contributed by atoms with van der Waals surface area (Å²) < 4.78 is 7.34. The lowest BCUT2D eigenvalue weighted by molar-refractivity contribution is 0.0779. The molecule has 0 atom stereocenters. The fraction of sp³-hybridized carbons (Fsp3) is 0.143. The SMILES string of the molecule is Cc1oc(-n2cccc2)c(C#N)c1C(=O)N(C)Cc1nc2ccccc2c(=O)[nH]1. The van der Waals surface area contributed by atoms with Crippen LogP contribution in [0, 0.1) is 18.3 Å². The largest absolute Gasteiger partial charge is 0.443 e. The van der Waals surface area contributed by atoms with E-state index in [0.717, 1.165) is 0 Å². The van der Waals surface area contributed by atoms with Gasteiger partial charge in [-0.05, 0) is 31.2 Å². The Morgan fingerprint density at radius 1 is 1.28 bits per heavy atom. The molecule has 0 aliphatic rings. The molecule has 29 heavy (non-hydrogen) atoms. The van der Waals surface area contributed by atoms with Gasteiger partial charge in [0.2, 0.25) is 5.88 Å². The molecule has 0 aliphatic heterocycles. The number of rotatable bonds is 4. The minimum atomic E-state index is -0.392. The van der Waals surface area contributed by atoms with Crippen LogP contribution in [0.4, 0.5) is 0 Å². The Morgan fingerprint density at radius 3 is 2.72 bits per heavy atom. The van der Waals surface area contributed by atoms with Crippen LogP contribution in [-0.2, 0) is 6.54 Å². The number of carbonyl (C=O) groups excluding carboxylic acids is 1. The Bertz CT molecular complexity index is 1310. The molecule has 0 saturated heterocycles. The number of fused-ring (bicyclic) bond motifs is 1. The van der Waals surface area contributed by atoms with Gasteiger partial charge in [-0.3, -0.25) is 14.2 Å². The maximum Gasteiger partial charge on any atom is 0.258 e. The highest BCUT2D eigenvalue weighted by Gasteiger charge is 2.27. The first-order chi connectivity index (χ1) is 14.0. The standard InChI is InChI=1S/C21H17N5O3/c1-13-18(15(11-22)21(29-13)26-9-5-6-10-26)20(28)25(2)12-17-23-16-8-4-3-7-14(16)19(27)24-17/h3-10H,12H2,1-2H3,(H,23,24,27). The summed E-state index contributed by atoms with van der Waals surface area (Å²) in [5.41, 5.74) is 0.648. The topological polar surface area (TPSA) is 108 Å². The third kappa shape index (κ3) is 3.19. The van der Waals surface area contributed by atoms with Crippen molar-refractivity contribution >= 4 is 16.8 Å². The van der Waals surface area contributed by atoms with Crippen LogP contribution >= 0.6 is 0 Å². The molecule has 1 aromatic carbocycles. The van der Waals surface area contributed by atoms with Crippen molar-refractivity contribution < 1.29 is 9.21 Å². The number of para-hydroxylation sites is 1. The van der Waals surface area contributed by atoms with Gasteiger partial charge in [-0.1, -0.05) is 12.1 Å². The van der Waals surface area contributed by atoms with Crippen LogP contribution in [0.5, 0.6) is 0 Å². The highest BCUT2D eigenvalue weighted by molar-refractivity contribution is 5.98. The fourth-order valence-electron chi connectivity index (χ4n) is 3.24. The van der Waals surface area contributed by atoms with Gasteiger partial charge in [0.05, 0.1) is 17.4 Å². The summed E-state index contributed by atoms with van der Waals surface area (Å²) in [6, 6.07) is 12.7. The van der Waals surface area contributed by atoms with E-state index in [4.69, 9.17) is 4.42 Å². The first kappa shape index (κ1) is 18.3. The van der Waals surface area contributed by atoms with Gasteiger partial charge in [0.1, 0.15) is 28.8 Å². The molecular formula is C21H17N5O3. The average Bonchev–Trinajstić information content (AvgIpc) is 3.34. The molecule has 8 nitrogen and oxygen atoms in total. The first-order valence-corrected chi connectivity index (χ1v) is 8.90. The van der Waals surface area contributed by atoms with Crippen molar-refractivity contribution in [3.63, 3.8) is 0 Å². The molecule has 3 aromatic heterocycles. The van der Waals surface area contributed by atoms with Crippen molar-refractivity contribution in [3.8, 4) is 12.0 Å². The highest BCUT2D eigenvalue weighted by Crippen LogP contribution is 2.26. The zero-order valence-corrected chi connectivity index (χ0v) is 15.8. The molecule has 0 spiro atoms. The maximum absolute atomic E-state index is 13.1. The Kier molecular flexibility index (Phi) is 4.49. The summed E-state index contributed by atoms with van der Waals surface area (Å²) in [5.74, 6) is 0.609. The van der Waals surface area contributed by atoms with E-state index in [9.17, 15) is 14.9 Å². The quantitative estimate of drug-likeness (QED) is 0.579. The molecule has 4 rings (SSSR count). The van der Waals surface area contributed by atoms with Crippen LogP contribution in [0.3, 0.4) is 0 Å². The summed E-state index contributed by atoms with van der Waals surface area (Å²) in [7, 11) is 1.58. The van der Waals surface area contributed by atoms with E-state index < -0.39 is 5.91 Å². The van der Waals surface area contributed by atoms with Crippen molar-refractivity contribution in [2.45, 2.75) is 13.5 Å². The number of carbonyl (C=O) groups is 1. The lowest BCUT2D eigenvalue weighted by atomic mass is 10.1. The fourth-order valence-corrected chi connectivity index (χ4v) is 3.24. The van der Waals surface area contributed by atoms with E-state index in [1.165, 1.54) is 4.90 Å². The number of nitrogens with one attached hydrogen (secondary N) is 1. The molecule has 0 unspecified atom stereocenters. The molecule has 0 fully saturated rings. The van der Waals surface area contributed by atoms with E-state index in [2.05, 4.69) is 16.0 Å². The molecule has 144 valence electrons. The minimum Gasteiger partial charge on any atom is -0.443 e. The Morgan fingerprint density at radius 2 is 2.00 bits per heavy atom. The second-order valence-electron chi connectivity index (χ2n) is 6.61. The van der Waals surface area contributed by atoms with E-state index in [0.29, 0.717) is 28.4 Å². The van der Waals surface area contributed by atoms with Gasteiger partial charge in [-0.2, -0.15) is 5.26 Å². The second-order valence-corrected chi connectivity index (χ2v) is 6.61. The summed E-state index contributed by atoms with van der Waals surface area (Å²) >= 11 is 0. The van der Waals surface area contributed by atoms with Gasteiger partial charge in [0.25, 0.3) is 11.5 Å². The number of benzene rings is 1. The number of H-pyrrole nitrogens is 1. The molecule has 0 bridgehead atoms. The van der Waals surface area contributed by atoms with Crippen molar-refractivity contribution in [3.05, 3.63) is 81.9 Å². The summed E-state index contributed by atoms with van der Waals surface area (Å²) in [6.45, 7) is 1.72. The van der Waals surface area contributed by atoms with Crippen molar-refractivity contribution in [2.75, 3.05) is 7.05 Å². The van der Waals surface area contributed by atoms with Gasteiger partial charge in [-0.15, -0.1) is 0 Å². The van der Waals surface area contributed by atoms with Crippen molar-refractivity contribution in [2.24, 2.45) is 0 Å². The zero-order valence-electron chi connectivity index (χ0n) is 15.8. The van der Waals surface area contributed by atoms with Crippen LogP contribution in [0.25, 0.3) is 16.8 Å². The van der Waals surface area contributed by atoms with Crippen molar-refractivity contribution in [1.82, 2.24) is 19.4 Å². The Balaban J connectivity index is 1.67. The first-order valence-electron chi connectivity index (χ1n) is 8.90. The van der Waals surface area contributed by atoms with Crippen LogP contribution in [0.1, 0.15) is 27.5 Å². The van der Waals surface area contributed by atoms with Crippen LogP contribution in [0.2, 0.25) is 0 Å². The lowest BCUT2D eigenvalue weighted by Crippen LogP contribution is -2.29. The predicted octanol–water partition coefficient (Wildman–Crippen LogP) is 2.76. The van der Waals surface area contributed by atoms with Gasteiger partial charge >= 0.3 is 0 Å². The van der Waals surface area contributed by atoms with Crippen LogP contribution in [-0.4, -0.2) is 32.4 Å². The molecule has 0 radical (unpaired) electrons. The molecule has 8 heteroatoms. The average molecular weight is 387 g/mol. The van der Waals surface area contributed by atoms with E-state index in [1.54, 1.807) is 67.3 Å². The summed E-state index contributed by atoms with van der Waals surface area (Å²) in [6.07, 6.45) is 3.47. The highest BCUT2D eigenvalue weighted by atomic mass is 16.4. The molecule has 4 aromatic rings. The van der Waals surface area contributed by atoms with Crippen LogP contribution < -0.4 is 5.56 Å². The number of furan rings is 1. The second kappa shape index (κ2) is 7.13. The van der Waals surface area contributed by atoms with E-state index in [1.807, 2.05) is 0 Å². The zero-order chi connectivity index (χ0) is 20.5. The van der Waals surface area contributed by atoms with Gasteiger partial charge in [0.15, 0.2) is 0 Å². The molecular weight excluding hydrogens is 370 g/mol. The van der Waals surface area contributed by atoms with E-state index in [-0.39, 0.29) is 23.2 Å². The number of nitriles is 1. The van der Waals surface area contributed by atoms with Gasteiger partial charge in [-0.25, -0.2) is 4.98 Å². The van der Waals surface area contributed by atoms with Gasteiger partial charge in [0, 0.05) is 19.4 Å². The smallest absolute Gasteiger partial charge is 0.258 e. The molecule has 3 heterocycles. The number of amides is 1. The number of aryl methyl sites for hydroxylation is 1. The Labute approximate surface area is 165 Å². The lowest BCUT2D eigenvalue weighted by Gasteiger charge is -2.16. The number of aromatic nitrogens is 3.